The van der Waals surface area contributed by atoms with E-state index in [1.54, 1.807) is 12.3 Å². The monoisotopic (exact) mass is 271 g/mol. The summed E-state index contributed by atoms with van der Waals surface area (Å²) in [5.74, 6) is 0.277. The molecular formula is C10H7Cl2N3O2. The van der Waals surface area contributed by atoms with Gasteiger partial charge in [-0.3, -0.25) is 10.1 Å². The Labute approximate surface area is 107 Å². The van der Waals surface area contributed by atoms with Crippen molar-refractivity contribution in [1.29, 1.82) is 0 Å². The summed E-state index contributed by atoms with van der Waals surface area (Å²) < 4.78 is 1.47. The van der Waals surface area contributed by atoms with E-state index in [0.29, 0.717) is 16.4 Å². The summed E-state index contributed by atoms with van der Waals surface area (Å²) in [6.07, 6.45) is 1.66. The Morgan fingerprint density at radius 3 is 2.76 bits per heavy atom. The fraction of sp³-hybridized carbons (Fsp3) is 0.100. The average molecular weight is 272 g/mol. The summed E-state index contributed by atoms with van der Waals surface area (Å²) >= 11 is 11.6. The van der Waals surface area contributed by atoms with E-state index < -0.39 is 4.92 Å². The highest BCUT2D eigenvalue weighted by Gasteiger charge is 2.11. The van der Waals surface area contributed by atoms with Gasteiger partial charge in [-0.15, -0.1) is 11.6 Å². The number of hydrogen-bond donors (Lipinski definition) is 0. The van der Waals surface area contributed by atoms with Crippen LogP contribution in [0.4, 0.5) is 5.69 Å². The molecule has 0 spiro atoms. The molecule has 5 nitrogen and oxygen atoms in total. The first-order valence-corrected chi connectivity index (χ1v) is 5.58. The molecule has 0 aliphatic rings. The van der Waals surface area contributed by atoms with E-state index in [9.17, 15) is 10.1 Å². The maximum atomic E-state index is 10.7. The summed E-state index contributed by atoms with van der Waals surface area (Å²) in [5, 5.41) is 15.2. The van der Waals surface area contributed by atoms with Crippen LogP contribution in [0.3, 0.4) is 0 Å². The molecule has 0 atom stereocenters. The van der Waals surface area contributed by atoms with Crippen LogP contribution in [-0.2, 0) is 5.88 Å². The van der Waals surface area contributed by atoms with Crippen LogP contribution in [-0.4, -0.2) is 14.7 Å². The van der Waals surface area contributed by atoms with Gasteiger partial charge in [0, 0.05) is 18.3 Å². The topological polar surface area (TPSA) is 61.0 Å². The van der Waals surface area contributed by atoms with Crippen molar-refractivity contribution in [3.8, 4) is 5.69 Å². The van der Waals surface area contributed by atoms with Crippen molar-refractivity contribution in [1.82, 2.24) is 9.78 Å². The Bertz CT molecular complexity index is 568. The highest BCUT2D eigenvalue weighted by atomic mass is 35.5. The predicted molar refractivity (Wildman–Crippen MR) is 64.8 cm³/mol. The van der Waals surface area contributed by atoms with Crippen molar-refractivity contribution in [3.63, 3.8) is 0 Å². The van der Waals surface area contributed by atoms with Gasteiger partial charge in [-0.05, 0) is 12.1 Å². The van der Waals surface area contributed by atoms with Crippen molar-refractivity contribution in [2.45, 2.75) is 5.88 Å². The van der Waals surface area contributed by atoms with E-state index in [0.717, 1.165) is 0 Å². The lowest BCUT2D eigenvalue weighted by Gasteiger charge is -2.03. The predicted octanol–water partition coefficient (Wildman–Crippen LogP) is 3.17. The van der Waals surface area contributed by atoms with Gasteiger partial charge in [0.15, 0.2) is 0 Å². The van der Waals surface area contributed by atoms with Gasteiger partial charge in [-0.2, -0.15) is 5.10 Å². The van der Waals surface area contributed by atoms with Gasteiger partial charge in [-0.1, -0.05) is 11.6 Å². The van der Waals surface area contributed by atoms with Crippen LogP contribution in [0.2, 0.25) is 5.02 Å². The Balaban J connectivity index is 2.49. The molecule has 0 bridgehead atoms. The molecule has 1 heterocycles. The zero-order chi connectivity index (χ0) is 12.4. The minimum Gasteiger partial charge on any atom is -0.258 e. The second-order valence-corrected chi connectivity index (χ2v) is 3.95. The molecule has 0 aliphatic carbocycles. The van der Waals surface area contributed by atoms with E-state index in [4.69, 9.17) is 23.2 Å². The second kappa shape index (κ2) is 4.73. The third-order valence-electron chi connectivity index (χ3n) is 2.17. The molecule has 0 saturated heterocycles. The summed E-state index contributed by atoms with van der Waals surface area (Å²) in [6.45, 7) is 0. The molecule has 0 radical (unpaired) electrons. The minimum atomic E-state index is -0.480. The molecule has 0 N–H and O–H groups in total. The van der Waals surface area contributed by atoms with Gasteiger partial charge in [0.25, 0.3) is 5.69 Å². The van der Waals surface area contributed by atoms with Crippen LogP contribution in [0, 0.1) is 10.1 Å². The zero-order valence-corrected chi connectivity index (χ0v) is 10.0. The highest BCUT2D eigenvalue weighted by Crippen LogP contribution is 2.25. The van der Waals surface area contributed by atoms with Gasteiger partial charge < -0.3 is 0 Å². The van der Waals surface area contributed by atoms with Crippen molar-refractivity contribution in [2.75, 3.05) is 0 Å². The molecule has 1 aromatic heterocycles. The average Bonchev–Trinajstić information content (AvgIpc) is 2.77. The molecule has 7 heteroatoms. The zero-order valence-electron chi connectivity index (χ0n) is 8.51. The van der Waals surface area contributed by atoms with E-state index in [2.05, 4.69) is 5.10 Å². The number of hydrogen-bond acceptors (Lipinski definition) is 3. The lowest BCUT2D eigenvalue weighted by Crippen LogP contribution is -1.98. The van der Waals surface area contributed by atoms with Crippen LogP contribution in [0.1, 0.15) is 5.69 Å². The fourth-order valence-electron chi connectivity index (χ4n) is 1.36. The number of nitro groups is 1. The van der Waals surface area contributed by atoms with Crippen LogP contribution in [0.15, 0.2) is 30.5 Å². The molecule has 0 saturated carbocycles. The highest BCUT2D eigenvalue weighted by molar-refractivity contribution is 6.32. The van der Waals surface area contributed by atoms with E-state index in [1.807, 2.05) is 0 Å². The number of nitro benzene ring substituents is 1. The maximum Gasteiger partial charge on any atom is 0.271 e. The molecule has 2 aromatic rings. The molecule has 88 valence electrons. The Kier molecular flexibility index (Phi) is 3.31. The number of benzene rings is 1. The lowest BCUT2D eigenvalue weighted by atomic mass is 10.3. The lowest BCUT2D eigenvalue weighted by molar-refractivity contribution is -0.384. The number of rotatable bonds is 3. The number of halogens is 2. The summed E-state index contributed by atoms with van der Waals surface area (Å²) in [6, 6.07) is 5.91. The molecular weight excluding hydrogens is 265 g/mol. The number of non-ortho nitro benzene ring substituents is 1. The molecule has 0 aliphatic heterocycles. The first kappa shape index (κ1) is 11.9. The largest absolute Gasteiger partial charge is 0.271 e. The van der Waals surface area contributed by atoms with Crippen LogP contribution < -0.4 is 0 Å². The van der Waals surface area contributed by atoms with E-state index in [-0.39, 0.29) is 11.6 Å². The first-order valence-electron chi connectivity index (χ1n) is 4.66. The smallest absolute Gasteiger partial charge is 0.258 e. The second-order valence-electron chi connectivity index (χ2n) is 3.28. The molecule has 2 rings (SSSR count). The van der Waals surface area contributed by atoms with Gasteiger partial charge in [-0.25, -0.2) is 4.68 Å². The Morgan fingerprint density at radius 1 is 1.41 bits per heavy atom. The summed E-state index contributed by atoms with van der Waals surface area (Å²) in [5.41, 5.74) is 1.10. The van der Waals surface area contributed by atoms with Crippen LogP contribution in [0.25, 0.3) is 5.69 Å². The summed E-state index contributed by atoms with van der Waals surface area (Å²) in [7, 11) is 0. The Morgan fingerprint density at radius 2 is 2.18 bits per heavy atom. The van der Waals surface area contributed by atoms with Crippen LogP contribution in [0.5, 0.6) is 0 Å². The number of alkyl halides is 1. The SMILES string of the molecule is O=[N+]([O-])c1ccc(Cl)c(-n2ccc(CCl)n2)c1. The first-order chi connectivity index (χ1) is 8.11. The number of nitrogens with zero attached hydrogens (tertiary/aromatic N) is 3. The standard InChI is InChI=1S/C10H7Cl2N3O2/c11-6-7-3-4-14(13-7)10-5-8(15(16)17)1-2-9(10)12/h1-5H,6H2. The summed E-state index contributed by atoms with van der Waals surface area (Å²) in [4.78, 5) is 10.2. The molecule has 0 fully saturated rings. The quantitative estimate of drug-likeness (QED) is 0.489. The minimum absolute atomic E-state index is 0.0349. The molecule has 0 amide bonds. The van der Waals surface area contributed by atoms with E-state index in [1.165, 1.54) is 22.9 Å². The van der Waals surface area contributed by atoms with Crippen molar-refractivity contribution < 1.29 is 4.92 Å². The fourth-order valence-corrected chi connectivity index (χ4v) is 1.70. The normalized spacial score (nSPS) is 10.5. The van der Waals surface area contributed by atoms with Gasteiger partial charge in [0.2, 0.25) is 0 Å². The van der Waals surface area contributed by atoms with Crippen LogP contribution >= 0.6 is 23.2 Å². The van der Waals surface area contributed by atoms with Crippen molar-refractivity contribution >= 4 is 28.9 Å². The molecule has 0 unspecified atom stereocenters. The third kappa shape index (κ3) is 2.40. The van der Waals surface area contributed by atoms with Gasteiger partial charge in [0.1, 0.15) is 0 Å². The van der Waals surface area contributed by atoms with Gasteiger partial charge >= 0.3 is 0 Å². The Hall–Kier alpha value is -1.59. The number of aromatic nitrogens is 2. The maximum absolute atomic E-state index is 10.7. The van der Waals surface area contributed by atoms with E-state index >= 15 is 0 Å². The van der Waals surface area contributed by atoms with Crippen molar-refractivity contribution in [2.24, 2.45) is 0 Å². The third-order valence-corrected chi connectivity index (χ3v) is 2.76. The molecule has 17 heavy (non-hydrogen) atoms. The van der Waals surface area contributed by atoms with Gasteiger partial charge in [0.05, 0.1) is 27.2 Å². The molecule has 1 aromatic carbocycles. The van der Waals surface area contributed by atoms with Crippen molar-refractivity contribution in [3.05, 3.63) is 51.3 Å².